The smallest absolute Gasteiger partial charge is 0.282 e. The summed E-state index contributed by atoms with van der Waals surface area (Å²) in [5.74, 6) is -1.11. The van der Waals surface area contributed by atoms with E-state index in [4.69, 9.17) is 4.74 Å². The molecule has 1 unspecified atom stereocenters. The Kier molecular flexibility index (Phi) is 5.31. The monoisotopic (exact) mass is 321 g/mol. The number of allylic oxidation sites excluding steroid dienone is 1. The van der Waals surface area contributed by atoms with Gasteiger partial charge in [-0.3, -0.25) is 14.6 Å². The number of carbonyl (C=O) groups excluding carboxylic acids is 2. The van der Waals surface area contributed by atoms with Crippen molar-refractivity contribution in [2.24, 2.45) is 0 Å². The molecule has 23 heavy (non-hydrogen) atoms. The Bertz CT molecular complexity index is 641. The Morgan fingerprint density at radius 3 is 2.83 bits per heavy atom. The van der Waals surface area contributed by atoms with Crippen molar-refractivity contribution < 1.29 is 18.7 Å². The van der Waals surface area contributed by atoms with E-state index in [1.807, 2.05) is 0 Å². The van der Waals surface area contributed by atoms with Gasteiger partial charge in [-0.1, -0.05) is 0 Å². The highest BCUT2D eigenvalue weighted by Crippen LogP contribution is 2.21. The second-order valence-electron chi connectivity index (χ2n) is 5.55. The Morgan fingerprint density at radius 2 is 2.17 bits per heavy atom. The molecule has 6 nitrogen and oxygen atoms in total. The van der Waals surface area contributed by atoms with Gasteiger partial charge in [0.1, 0.15) is 17.5 Å². The van der Waals surface area contributed by atoms with Crippen molar-refractivity contribution in [1.82, 2.24) is 15.2 Å². The number of hydrogen-bond acceptors (Lipinski definition) is 4. The molecule has 0 saturated carbocycles. The average molecular weight is 321 g/mol. The molecule has 0 aromatic carbocycles. The molecular formula is C16H20FN3O3. The first-order valence-electron chi connectivity index (χ1n) is 7.39. The fourth-order valence-corrected chi connectivity index (χ4v) is 2.29. The molecule has 1 aliphatic rings. The van der Waals surface area contributed by atoms with Crippen LogP contribution in [0, 0.1) is 0 Å². The summed E-state index contributed by atoms with van der Waals surface area (Å²) >= 11 is 0. The molecule has 1 N–H and O–H groups in total. The number of nitrogens with zero attached hydrogens (tertiary/aromatic N) is 2. The molecule has 1 saturated heterocycles. The summed E-state index contributed by atoms with van der Waals surface area (Å²) in [5, 5.41) is 2.49. The van der Waals surface area contributed by atoms with E-state index in [2.05, 4.69) is 10.3 Å². The molecule has 1 aliphatic heterocycles. The van der Waals surface area contributed by atoms with E-state index in [0.29, 0.717) is 30.8 Å². The Hall–Kier alpha value is -2.44. The summed E-state index contributed by atoms with van der Waals surface area (Å²) in [6.45, 7) is 3.89. The second kappa shape index (κ2) is 7.21. The van der Waals surface area contributed by atoms with Crippen LogP contribution in [0.2, 0.25) is 0 Å². The predicted octanol–water partition coefficient (Wildman–Crippen LogP) is 1.68. The number of hydrogen-bond donors (Lipinski definition) is 1. The molecule has 2 amide bonds. The van der Waals surface area contributed by atoms with Gasteiger partial charge >= 0.3 is 0 Å². The quantitative estimate of drug-likeness (QED) is 0.857. The van der Waals surface area contributed by atoms with E-state index in [9.17, 15) is 14.0 Å². The van der Waals surface area contributed by atoms with Crippen LogP contribution in [-0.2, 0) is 4.79 Å². The molecule has 2 rings (SSSR count). The van der Waals surface area contributed by atoms with Crippen LogP contribution >= 0.6 is 0 Å². The van der Waals surface area contributed by atoms with Crippen molar-refractivity contribution >= 4 is 11.8 Å². The summed E-state index contributed by atoms with van der Waals surface area (Å²) in [6, 6.07) is 3.19. The Balaban J connectivity index is 2.00. The van der Waals surface area contributed by atoms with Crippen LogP contribution < -0.4 is 10.1 Å². The molecule has 124 valence electrons. The minimum atomic E-state index is -0.712. The second-order valence-corrected chi connectivity index (χ2v) is 5.55. The first-order valence-corrected chi connectivity index (χ1v) is 7.39. The maximum Gasteiger partial charge on any atom is 0.282 e. The normalized spacial score (nSPS) is 16.9. The number of carbonyl (C=O) groups is 2. The third-order valence-electron chi connectivity index (χ3n) is 3.55. The number of rotatable bonds is 4. The van der Waals surface area contributed by atoms with Gasteiger partial charge in [0.15, 0.2) is 5.83 Å². The van der Waals surface area contributed by atoms with E-state index in [1.165, 1.54) is 18.1 Å². The molecule has 1 fully saturated rings. The van der Waals surface area contributed by atoms with Gasteiger partial charge in [0, 0.05) is 32.3 Å². The minimum absolute atomic E-state index is 0.233. The lowest BCUT2D eigenvalue weighted by Crippen LogP contribution is -2.31. The highest BCUT2D eigenvalue weighted by Gasteiger charge is 2.30. The van der Waals surface area contributed by atoms with Crippen LogP contribution in [-0.4, -0.2) is 47.9 Å². The van der Waals surface area contributed by atoms with Crippen molar-refractivity contribution in [3.8, 4) is 5.75 Å². The molecule has 7 heteroatoms. The van der Waals surface area contributed by atoms with Crippen molar-refractivity contribution in [1.29, 1.82) is 0 Å². The van der Waals surface area contributed by atoms with Gasteiger partial charge in [0.2, 0.25) is 0 Å². The van der Waals surface area contributed by atoms with E-state index in [1.54, 1.807) is 26.0 Å². The topological polar surface area (TPSA) is 71.5 Å². The van der Waals surface area contributed by atoms with Crippen LogP contribution in [0.4, 0.5) is 4.39 Å². The standard InChI is InChI=1S/C16H20FN3O3/c1-10(2)14(17)16(22)20-7-5-12(9-20)23-11-4-6-19-13(8-11)15(21)18-3/h4,6,8,12H,5,7,9H2,1-3H3,(H,18,21). The summed E-state index contributed by atoms with van der Waals surface area (Å²) < 4.78 is 19.5. The number of aromatic nitrogens is 1. The maximum atomic E-state index is 13.7. The molecule has 0 bridgehead atoms. The van der Waals surface area contributed by atoms with Crippen molar-refractivity contribution in [2.45, 2.75) is 26.4 Å². The number of halogens is 1. The molecule has 2 heterocycles. The summed E-state index contributed by atoms with van der Waals surface area (Å²) in [5.41, 5.74) is 0.621. The first-order chi connectivity index (χ1) is 10.9. The van der Waals surface area contributed by atoms with Crippen LogP contribution in [0.25, 0.3) is 0 Å². The van der Waals surface area contributed by atoms with Gasteiger partial charge < -0.3 is 15.0 Å². The van der Waals surface area contributed by atoms with E-state index in [-0.39, 0.29) is 17.7 Å². The van der Waals surface area contributed by atoms with Crippen LogP contribution in [0.5, 0.6) is 5.75 Å². The number of nitrogens with one attached hydrogen (secondary N) is 1. The average Bonchev–Trinajstić information content (AvgIpc) is 3.01. The molecule has 1 atom stereocenters. The van der Waals surface area contributed by atoms with Gasteiger partial charge in [-0.25, -0.2) is 4.39 Å². The van der Waals surface area contributed by atoms with Gasteiger partial charge in [-0.15, -0.1) is 0 Å². The van der Waals surface area contributed by atoms with Crippen molar-refractivity contribution in [3.05, 3.63) is 35.4 Å². The third kappa shape index (κ3) is 4.06. The summed E-state index contributed by atoms with van der Waals surface area (Å²) in [6.07, 6.45) is 1.86. The lowest BCUT2D eigenvalue weighted by atomic mass is 10.3. The van der Waals surface area contributed by atoms with Crippen LogP contribution in [0.3, 0.4) is 0 Å². The largest absolute Gasteiger partial charge is 0.488 e. The fourth-order valence-electron chi connectivity index (χ4n) is 2.29. The van der Waals surface area contributed by atoms with Crippen molar-refractivity contribution in [2.75, 3.05) is 20.1 Å². The third-order valence-corrected chi connectivity index (χ3v) is 3.55. The molecule has 1 aromatic rings. The molecule has 0 spiro atoms. The lowest BCUT2D eigenvalue weighted by Gasteiger charge is -2.17. The SMILES string of the molecule is CNC(=O)c1cc(OC2CCN(C(=O)C(F)=C(C)C)C2)ccn1. The highest BCUT2D eigenvalue weighted by atomic mass is 19.1. The lowest BCUT2D eigenvalue weighted by molar-refractivity contribution is -0.128. The zero-order valence-corrected chi connectivity index (χ0v) is 13.4. The summed E-state index contributed by atoms with van der Waals surface area (Å²) in [7, 11) is 1.52. The van der Waals surface area contributed by atoms with Crippen molar-refractivity contribution in [3.63, 3.8) is 0 Å². The fraction of sp³-hybridized carbons (Fsp3) is 0.438. The van der Waals surface area contributed by atoms with Crippen LogP contribution in [0.15, 0.2) is 29.7 Å². The number of pyridine rings is 1. The Labute approximate surface area is 134 Å². The van der Waals surface area contributed by atoms with Gasteiger partial charge in [0.25, 0.3) is 11.8 Å². The predicted molar refractivity (Wildman–Crippen MR) is 82.7 cm³/mol. The first kappa shape index (κ1) is 16.9. The Morgan fingerprint density at radius 1 is 1.43 bits per heavy atom. The zero-order chi connectivity index (χ0) is 17.0. The number of likely N-dealkylation sites (tertiary alicyclic amines) is 1. The minimum Gasteiger partial charge on any atom is -0.488 e. The molecule has 0 radical (unpaired) electrons. The van der Waals surface area contributed by atoms with E-state index >= 15 is 0 Å². The van der Waals surface area contributed by atoms with Gasteiger partial charge in [-0.2, -0.15) is 0 Å². The molecular weight excluding hydrogens is 301 g/mol. The van der Waals surface area contributed by atoms with Gasteiger partial charge in [0.05, 0.1) is 6.54 Å². The highest BCUT2D eigenvalue weighted by molar-refractivity contribution is 5.92. The molecule has 1 aromatic heterocycles. The van der Waals surface area contributed by atoms with E-state index in [0.717, 1.165) is 0 Å². The van der Waals surface area contributed by atoms with Crippen LogP contribution in [0.1, 0.15) is 30.8 Å². The van der Waals surface area contributed by atoms with E-state index < -0.39 is 11.7 Å². The zero-order valence-electron chi connectivity index (χ0n) is 13.4. The van der Waals surface area contributed by atoms with Gasteiger partial charge in [-0.05, 0) is 25.5 Å². The number of ether oxygens (including phenoxy) is 1. The molecule has 0 aliphatic carbocycles. The maximum absolute atomic E-state index is 13.7. The number of amides is 2. The summed E-state index contributed by atoms with van der Waals surface area (Å²) in [4.78, 5) is 28.9.